The molecule has 0 amide bonds. The maximum atomic E-state index is 12.7. The van der Waals surface area contributed by atoms with Gasteiger partial charge in [0.05, 0.1) is 18.8 Å². The lowest BCUT2D eigenvalue weighted by Gasteiger charge is -2.35. The summed E-state index contributed by atoms with van der Waals surface area (Å²) in [6.45, 7) is 3.09. The van der Waals surface area contributed by atoms with Crippen LogP contribution in [0.25, 0.3) is 0 Å². The van der Waals surface area contributed by atoms with Gasteiger partial charge in [0.1, 0.15) is 11.8 Å². The van der Waals surface area contributed by atoms with Crippen molar-refractivity contribution in [2.75, 3.05) is 6.61 Å². The Morgan fingerprint density at radius 1 is 1.29 bits per heavy atom. The Hall–Kier alpha value is -1.60. The third-order valence-electron chi connectivity index (χ3n) is 4.41. The van der Waals surface area contributed by atoms with Crippen LogP contribution >= 0.6 is 0 Å². The molecule has 0 saturated carbocycles. The van der Waals surface area contributed by atoms with Gasteiger partial charge in [0.25, 0.3) is 0 Å². The normalized spacial score (nSPS) is 17.8. The smallest absolute Gasteiger partial charge is 0.177 e. The van der Waals surface area contributed by atoms with Gasteiger partial charge in [0, 0.05) is 0 Å². The van der Waals surface area contributed by atoms with Crippen LogP contribution in [0, 0.1) is 11.8 Å². The van der Waals surface area contributed by atoms with Crippen molar-refractivity contribution in [1.29, 1.82) is 0 Å². The molecule has 0 fully saturated rings. The number of hydrogen-bond acceptors (Lipinski definition) is 6. The van der Waals surface area contributed by atoms with Crippen LogP contribution in [0.5, 0.6) is 0 Å². The van der Waals surface area contributed by atoms with E-state index in [-0.39, 0.29) is 12.3 Å². The molecule has 0 aromatic heterocycles. The van der Waals surface area contributed by atoms with Crippen LogP contribution in [-0.2, 0) is 16.0 Å². The highest BCUT2D eigenvalue weighted by Gasteiger charge is 2.45. The van der Waals surface area contributed by atoms with E-state index in [2.05, 4.69) is 0 Å². The van der Waals surface area contributed by atoms with Gasteiger partial charge in [0.15, 0.2) is 5.78 Å². The number of carbonyl (C=O) groups is 2. The zero-order valence-electron chi connectivity index (χ0n) is 14.3. The fourth-order valence-corrected chi connectivity index (χ4v) is 2.70. The summed E-state index contributed by atoms with van der Waals surface area (Å²) < 4.78 is 0. The Balaban J connectivity index is 3.16. The number of benzene rings is 1. The summed E-state index contributed by atoms with van der Waals surface area (Å²) in [4.78, 5) is 24.5. The summed E-state index contributed by atoms with van der Waals surface area (Å²) in [5.74, 6) is -1.38. The Bertz CT molecular complexity index is 535. The van der Waals surface area contributed by atoms with Crippen LogP contribution in [0.3, 0.4) is 0 Å². The molecule has 6 heteroatoms. The van der Waals surface area contributed by atoms with Gasteiger partial charge < -0.3 is 26.5 Å². The molecule has 1 aromatic rings. The molecule has 4 atom stereocenters. The Morgan fingerprint density at radius 2 is 1.88 bits per heavy atom. The highest BCUT2D eigenvalue weighted by Crippen LogP contribution is 2.26. The van der Waals surface area contributed by atoms with Crippen molar-refractivity contribution in [1.82, 2.24) is 0 Å². The van der Waals surface area contributed by atoms with Gasteiger partial charge in [-0.2, -0.15) is 0 Å². The van der Waals surface area contributed by atoms with E-state index in [0.29, 0.717) is 12.7 Å². The minimum Gasteiger partial charge on any atom is -0.394 e. The number of Topliss-reactive ketones (excluding diaryl/α,β-unsaturated/α-hetero) is 1. The molecule has 1 aromatic carbocycles. The first-order valence-electron chi connectivity index (χ1n) is 8.14. The topological polar surface area (TPSA) is 127 Å². The van der Waals surface area contributed by atoms with Gasteiger partial charge in [-0.15, -0.1) is 0 Å². The molecule has 3 unspecified atom stereocenters. The number of aldehydes is 1. The second-order valence-corrected chi connectivity index (χ2v) is 6.64. The second-order valence-electron chi connectivity index (χ2n) is 6.64. The third kappa shape index (κ3) is 4.95. The third-order valence-corrected chi connectivity index (χ3v) is 4.41. The van der Waals surface area contributed by atoms with Crippen LogP contribution in [0.4, 0.5) is 0 Å². The summed E-state index contributed by atoms with van der Waals surface area (Å²) in [5, 5.41) is 19.0. The lowest BCUT2D eigenvalue weighted by molar-refractivity contribution is -0.134. The van der Waals surface area contributed by atoms with Gasteiger partial charge >= 0.3 is 0 Å². The number of aliphatic hydroxyl groups excluding tert-OH is 2. The van der Waals surface area contributed by atoms with E-state index in [0.717, 1.165) is 5.56 Å². The van der Waals surface area contributed by atoms with E-state index in [9.17, 15) is 14.7 Å². The summed E-state index contributed by atoms with van der Waals surface area (Å²) in [6, 6.07) is 8.39. The van der Waals surface area contributed by atoms with Crippen molar-refractivity contribution in [3.63, 3.8) is 0 Å². The lowest BCUT2D eigenvalue weighted by atomic mass is 9.73. The highest BCUT2D eigenvalue weighted by molar-refractivity contribution is 6.06. The molecule has 24 heavy (non-hydrogen) atoms. The Labute approximate surface area is 142 Å². The van der Waals surface area contributed by atoms with Crippen LogP contribution in [0.15, 0.2) is 30.3 Å². The molecular weight excluding hydrogens is 308 g/mol. The largest absolute Gasteiger partial charge is 0.394 e. The van der Waals surface area contributed by atoms with Crippen LogP contribution in [0.2, 0.25) is 0 Å². The second kappa shape index (κ2) is 9.03. The van der Waals surface area contributed by atoms with Crippen molar-refractivity contribution in [2.24, 2.45) is 23.3 Å². The van der Waals surface area contributed by atoms with Gasteiger partial charge in [-0.05, 0) is 30.2 Å². The standard InChI is InChI=1S/C18H28N2O4/c1-12(2)16(19)17(24)18(20,11-22)14(9-15(23)10-21)8-13-6-4-3-5-7-13/h3-7,11-12,14-16,21,23H,8-10,19-20H2,1-2H3/t14?,15-,16?,18?/m0/s1. The Morgan fingerprint density at radius 3 is 2.33 bits per heavy atom. The summed E-state index contributed by atoms with van der Waals surface area (Å²) in [6.07, 6.45) is -0.291. The monoisotopic (exact) mass is 336 g/mol. The first-order valence-corrected chi connectivity index (χ1v) is 8.14. The molecule has 0 aliphatic rings. The molecular formula is C18H28N2O4. The first-order chi connectivity index (χ1) is 11.3. The molecule has 1 rings (SSSR count). The fraction of sp³-hybridized carbons (Fsp3) is 0.556. The molecule has 0 radical (unpaired) electrons. The Kier molecular flexibility index (Phi) is 7.69. The average molecular weight is 336 g/mol. The summed E-state index contributed by atoms with van der Waals surface area (Å²) >= 11 is 0. The number of carbonyl (C=O) groups excluding carboxylic acids is 2. The van der Waals surface area contributed by atoms with Crippen molar-refractivity contribution in [2.45, 2.75) is 44.4 Å². The highest BCUT2D eigenvalue weighted by atomic mass is 16.3. The summed E-state index contributed by atoms with van der Waals surface area (Å²) in [7, 11) is 0. The van der Waals surface area contributed by atoms with E-state index < -0.39 is 36.0 Å². The number of nitrogens with two attached hydrogens (primary N) is 2. The van der Waals surface area contributed by atoms with Crippen molar-refractivity contribution in [3.05, 3.63) is 35.9 Å². The summed E-state index contributed by atoms with van der Waals surface area (Å²) in [5.41, 5.74) is 11.2. The quantitative estimate of drug-likeness (QED) is 0.353. The molecule has 0 heterocycles. The number of hydrogen-bond donors (Lipinski definition) is 4. The minimum atomic E-state index is -1.81. The van der Waals surface area contributed by atoms with Crippen LogP contribution in [-0.4, -0.2) is 46.6 Å². The fourth-order valence-electron chi connectivity index (χ4n) is 2.70. The zero-order chi connectivity index (χ0) is 18.3. The van der Waals surface area contributed by atoms with Crippen molar-refractivity contribution in [3.8, 4) is 0 Å². The molecule has 6 nitrogen and oxygen atoms in total. The van der Waals surface area contributed by atoms with Crippen molar-refractivity contribution >= 4 is 12.1 Å². The average Bonchev–Trinajstić information content (AvgIpc) is 2.59. The first kappa shape index (κ1) is 20.4. The molecule has 0 spiro atoms. The number of aliphatic hydroxyl groups is 2. The van der Waals surface area contributed by atoms with Gasteiger partial charge in [-0.1, -0.05) is 44.2 Å². The zero-order valence-corrected chi connectivity index (χ0v) is 14.3. The molecule has 0 aliphatic carbocycles. The van der Waals surface area contributed by atoms with Crippen molar-refractivity contribution < 1.29 is 19.8 Å². The molecule has 6 N–H and O–H groups in total. The lowest BCUT2D eigenvalue weighted by Crippen LogP contribution is -2.62. The van der Waals surface area contributed by atoms with E-state index in [1.807, 2.05) is 30.3 Å². The van der Waals surface area contributed by atoms with Crippen LogP contribution < -0.4 is 11.5 Å². The predicted molar refractivity (Wildman–Crippen MR) is 92.1 cm³/mol. The molecule has 0 saturated heterocycles. The predicted octanol–water partition coefficient (Wildman–Crippen LogP) is 0.0374. The molecule has 0 bridgehead atoms. The maximum absolute atomic E-state index is 12.7. The minimum absolute atomic E-state index is 0.0250. The van der Waals surface area contributed by atoms with E-state index in [4.69, 9.17) is 16.6 Å². The SMILES string of the molecule is CC(C)C(N)C(=O)C(N)(C=O)C(Cc1ccccc1)C[C@H](O)CO. The van der Waals surface area contributed by atoms with E-state index in [1.54, 1.807) is 13.8 Å². The van der Waals surface area contributed by atoms with E-state index >= 15 is 0 Å². The number of ketones is 1. The maximum Gasteiger partial charge on any atom is 0.177 e. The van der Waals surface area contributed by atoms with Gasteiger partial charge in [-0.25, -0.2) is 0 Å². The van der Waals surface area contributed by atoms with Gasteiger partial charge in [0.2, 0.25) is 0 Å². The molecule has 0 aliphatic heterocycles. The van der Waals surface area contributed by atoms with E-state index in [1.165, 1.54) is 0 Å². The molecule has 134 valence electrons. The van der Waals surface area contributed by atoms with Gasteiger partial charge in [-0.3, -0.25) is 4.79 Å². The number of rotatable bonds is 10. The van der Waals surface area contributed by atoms with Crippen LogP contribution in [0.1, 0.15) is 25.8 Å².